The van der Waals surface area contributed by atoms with Gasteiger partial charge in [-0.25, -0.2) is 4.39 Å². The number of carbonyl (C=O) groups is 1. The first-order chi connectivity index (χ1) is 9.15. The first-order valence-corrected chi connectivity index (χ1v) is 6.51. The molecule has 19 heavy (non-hydrogen) atoms. The van der Waals surface area contributed by atoms with Crippen LogP contribution in [0.5, 0.6) is 0 Å². The van der Waals surface area contributed by atoms with E-state index in [0.717, 1.165) is 26.0 Å². The lowest BCUT2D eigenvalue weighted by molar-refractivity contribution is 0.1000. The molecule has 0 aliphatic rings. The van der Waals surface area contributed by atoms with Gasteiger partial charge in [-0.05, 0) is 37.6 Å². The molecule has 0 radical (unpaired) electrons. The number of hydrogen-bond donors (Lipinski definition) is 2. The van der Waals surface area contributed by atoms with Crippen LogP contribution in [0.3, 0.4) is 0 Å². The normalized spacial score (nSPS) is 10.6. The van der Waals surface area contributed by atoms with Crippen LogP contribution in [0.4, 0.5) is 4.39 Å². The van der Waals surface area contributed by atoms with Crippen molar-refractivity contribution in [1.29, 1.82) is 0 Å². The molecule has 0 saturated carbocycles. The second kappa shape index (κ2) is 8.61. The summed E-state index contributed by atoms with van der Waals surface area (Å²) < 4.78 is 18.8. The van der Waals surface area contributed by atoms with Gasteiger partial charge in [-0.3, -0.25) is 4.79 Å². The average molecular weight is 268 g/mol. The summed E-state index contributed by atoms with van der Waals surface area (Å²) in [5, 5.41) is 3.11. The number of hydrogen-bond acceptors (Lipinski definition) is 3. The van der Waals surface area contributed by atoms with Gasteiger partial charge in [0.25, 0.3) is 0 Å². The molecular formula is C14H21FN2O2. The fourth-order valence-corrected chi connectivity index (χ4v) is 1.63. The third-order valence-electron chi connectivity index (χ3n) is 2.64. The molecule has 3 N–H and O–H groups in total. The molecule has 0 fully saturated rings. The third kappa shape index (κ3) is 5.81. The van der Waals surface area contributed by atoms with Crippen molar-refractivity contribution in [2.45, 2.75) is 26.3 Å². The van der Waals surface area contributed by atoms with Crippen molar-refractivity contribution in [2.24, 2.45) is 5.73 Å². The zero-order chi connectivity index (χ0) is 14.1. The topological polar surface area (TPSA) is 64.3 Å². The molecule has 0 unspecified atom stereocenters. The van der Waals surface area contributed by atoms with Crippen molar-refractivity contribution in [2.75, 3.05) is 19.8 Å². The number of amides is 1. The maximum atomic E-state index is 13.5. The fraction of sp³-hybridized carbons (Fsp3) is 0.500. The minimum atomic E-state index is -0.547. The van der Waals surface area contributed by atoms with E-state index >= 15 is 0 Å². The van der Waals surface area contributed by atoms with Crippen LogP contribution in [0.25, 0.3) is 0 Å². The number of benzene rings is 1. The summed E-state index contributed by atoms with van der Waals surface area (Å²) in [6.45, 7) is 4.65. The summed E-state index contributed by atoms with van der Waals surface area (Å²) in [6.07, 6.45) is 1.88. The lowest BCUT2D eigenvalue weighted by Gasteiger charge is -2.07. The van der Waals surface area contributed by atoms with E-state index in [4.69, 9.17) is 10.5 Å². The van der Waals surface area contributed by atoms with Crippen molar-refractivity contribution >= 4 is 5.91 Å². The van der Waals surface area contributed by atoms with Gasteiger partial charge in [0.2, 0.25) is 5.91 Å². The van der Waals surface area contributed by atoms with E-state index < -0.39 is 5.91 Å². The largest absolute Gasteiger partial charge is 0.381 e. The van der Waals surface area contributed by atoms with Crippen LogP contribution < -0.4 is 11.1 Å². The number of primary amides is 1. The fourth-order valence-electron chi connectivity index (χ4n) is 1.63. The zero-order valence-electron chi connectivity index (χ0n) is 11.2. The van der Waals surface area contributed by atoms with Gasteiger partial charge in [0.15, 0.2) is 0 Å². The van der Waals surface area contributed by atoms with Gasteiger partial charge < -0.3 is 15.8 Å². The summed E-state index contributed by atoms with van der Waals surface area (Å²) >= 11 is 0. The Morgan fingerprint density at radius 2 is 2.21 bits per heavy atom. The van der Waals surface area contributed by atoms with E-state index in [1.54, 1.807) is 0 Å². The van der Waals surface area contributed by atoms with Gasteiger partial charge >= 0.3 is 0 Å². The molecule has 0 bridgehead atoms. The van der Waals surface area contributed by atoms with Crippen LogP contribution in [-0.4, -0.2) is 25.7 Å². The quantitative estimate of drug-likeness (QED) is 0.672. The van der Waals surface area contributed by atoms with Gasteiger partial charge in [0, 0.05) is 30.9 Å². The second-order valence-electron chi connectivity index (χ2n) is 4.31. The highest BCUT2D eigenvalue weighted by Gasteiger charge is 2.06. The molecule has 1 aromatic carbocycles. The summed E-state index contributed by atoms with van der Waals surface area (Å²) in [5.41, 5.74) is 5.93. The third-order valence-corrected chi connectivity index (χ3v) is 2.64. The molecule has 1 aromatic rings. The summed E-state index contributed by atoms with van der Waals surface area (Å²) in [4.78, 5) is 11.0. The molecule has 0 atom stereocenters. The summed E-state index contributed by atoms with van der Waals surface area (Å²) in [7, 11) is 0. The van der Waals surface area contributed by atoms with E-state index in [1.807, 2.05) is 0 Å². The van der Waals surface area contributed by atoms with E-state index in [2.05, 4.69) is 12.2 Å². The molecule has 1 rings (SSSR count). The second-order valence-corrected chi connectivity index (χ2v) is 4.31. The first-order valence-electron chi connectivity index (χ1n) is 6.51. The monoisotopic (exact) mass is 268 g/mol. The Bertz CT molecular complexity index is 410. The molecule has 0 saturated heterocycles. The van der Waals surface area contributed by atoms with Crippen LogP contribution in [0.15, 0.2) is 18.2 Å². The lowest BCUT2D eigenvalue weighted by Crippen LogP contribution is -2.18. The van der Waals surface area contributed by atoms with Crippen molar-refractivity contribution in [3.05, 3.63) is 35.1 Å². The first kappa shape index (κ1) is 15.6. The van der Waals surface area contributed by atoms with E-state index in [0.29, 0.717) is 24.3 Å². The minimum Gasteiger partial charge on any atom is -0.381 e. The van der Waals surface area contributed by atoms with Gasteiger partial charge in [-0.2, -0.15) is 0 Å². The Morgan fingerprint density at radius 3 is 2.89 bits per heavy atom. The van der Waals surface area contributed by atoms with Gasteiger partial charge in [0.05, 0.1) is 0 Å². The Balaban J connectivity index is 2.32. The van der Waals surface area contributed by atoms with E-state index in [-0.39, 0.29) is 5.82 Å². The van der Waals surface area contributed by atoms with Crippen LogP contribution in [0, 0.1) is 5.82 Å². The number of nitrogens with two attached hydrogens (primary N) is 1. The van der Waals surface area contributed by atoms with Gasteiger partial charge in [0.1, 0.15) is 5.82 Å². The van der Waals surface area contributed by atoms with Crippen LogP contribution in [0.2, 0.25) is 0 Å². The summed E-state index contributed by atoms with van der Waals surface area (Å²) in [6, 6.07) is 4.14. The Hall–Kier alpha value is -1.46. The van der Waals surface area contributed by atoms with E-state index in [9.17, 15) is 9.18 Å². The minimum absolute atomic E-state index is 0.324. The highest BCUT2D eigenvalue weighted by atomic mass is 19.1. The predicted molar refractivity (Wildman–Crippen MR) is 72.4 cm³/mol. The highest BCUT2D eigenvalue weighted by molar-refractivity contribution is 5.92. The molecule has 4 nitrogen and oxygen atoms in total. The maximum absolute atomic E-state index is 13.5. The van der Waals surface area contributed by atoms with Crippen molar-refractivity contribution in [1.82, 2.24) is 5.32 Å². The van der Waals surface area contributed by atoms with Crippen LogP contribution in [-0.2, 0) is 11.3 Å². The highest BCUT2D eigenvalue weighted by Crippen LogP contribution is 2.10. The number of carbonyl (C=O) groups excluding carboxylic acids is 1. The van der Waals surface area contributed by atoms with Crippen LogP contribution >= 0.6 is 0 Å². The molecule has 106 valence electrons. The summed E-state index contributed by atoms with van der Waals surface area (Å²) in [5.74, 6) is -0.881. The number of rotatable bonds is 9. The average Bonchev–Trinajstić information content (AvgIpc) is 2.39. The number of nitrogens with one attached hydrogen (secondary N) is 1. The molecule has 0 aliphatic carbocycles. The Morgan fingerprint density at radius 1 is 1.42 bits per heavy atom. The maximum Gasteiger partial charge on any atom is 0.248 e. The van der Waals surface area contributed by atoms with Gasteiger partial charge in [-0.15, -0.1) is 0 Å². The van der Waals surface area contributed by atoms with E-state index in [1.165, 1.54) is 18.2 Å². The van der Waals surface area contributed by atoms with Crippen molar-refractivity contribution in [3.63, 3.8) is 0 Å². The number of ether oxygens (including phenoxy) is 1. The number of halogens is 1. The smallest absolute Gasteiger partial charge is 0.248 e. The van der Waals surface area contributed by atoms with Crippen molar-refractivity contribution in [3.8, 4) is 0 Å². The van der Waals surface area contributed by atoms with Gasteiger partial charge in [-0.1, -0.05) is 6.92 Å². The standard InChI is InChI=1S/C14H21FN2O2/c1-2-7-19-8-3-6-17-10-12-9-11(14(16)18)4-5-13(12)15/h4-5,9,17H,2-3,6-8,10H2,1H3,(H2,16,18). The molecule has 0 spiro atoms. The molecule has 0 aromatic heterocycles. The zero-order valence-corrected chi connectivity index (χ0v) is 11.2. The molecular weight excluding hydrogens is 247 g/mol. The molecule has 1 amide bonds. The Labute approximate surface area is 113 Å². The van der Waals surface area contributed by atoms with Crippen molar-refractivity contribution < 1.29 is 13.9 Å². The predicted octanol–water partition coefficient (Wildman–Crippen LogP) is 1.83. The molecule has 0 aliphatic heterocycles. The molecule has 0 heterocycles. The molecule has 5 heteroatoms. The lowest BCUT2D eigenvalue weighted by atomic mass is 10.1. The van der Waals surface area contributed by atoms with Crippen LogP contribution in [0.1, 0.15) is 35.7 Å². The SMILES string of the molecule is CCCOCCCNCc1cc(C(N)=O)ccc1F. The Kier molecular flexibility index (Phi) is 7.07.